The first-order valence-electron chi connectivity index (χ1n) is 8.87. The number of rotatable bonds is 3. The molecule has 0 saturated carbocycles. The second-order valence-corrected chi connectivity index (χ2v) is 6.67. The quantitative estimate of drug-likeness (QED) is 0.606. The van der Waals surface area contributed by atoms with Gasteiger partial charge in [-0.3, -0.25) is 4.98 Å². The Balaban J connectivity index is 1.54. The van der Waals surface area contributed by atoms with E-state index in [1.807, 2.05) is 30.3 Å². The summed E-state index contributed by atoms with van der Waals surface area (Å²) in [6.07, 6.45) is 5.62. The predicted octanol–water partition coefficient (Wildman–Crippen LogP) is 4.27. The molecule has 1 aliphatic carbocycles. The molecule has 4 aromatic rings. The minimum atomic E-state index is 0.354. The molecule has 1 N–H and O–H groups in total. The van der Waals surface area contributed by atoms with Gasteiger partial charge in [0.1, 0.15) is 5.82 Å². The predicted molar refractivity (Wildman–Crippen MR) is 104 cm³/mol. The summed E-state index contributed by atoms with van der Waals surface area (Å²) < 4.78 is 0. The van der Waals surface area contributed by atoms with Gasteiger partial charge in [-0.25, -0.2) is 9.97 Å². The van der Waals surface area contributed by atoms with Crippen LogP contribution in [0.5, 0.6) is 0 Å². The zero-order chi connectivity index (χ0) is 17.3. The number of aromatic nitrogens is 3. The fourth-order valence-corrected chi connectivity index (χ4v) is 3.67. The molecular weight excluding hydrogens is 320 g/mol. The summed E-state index contributed by atoms with van der Waals surface area (Å²) in [6, 6.07) is 21.1. The molecule has 0 fully saturated rings. The Bertz CT molecular complexity index is 1050. The van der Waals surface area contributed by atoms with Gasteiger partial charge in [0, 0.05) is 29.4 Å². The molecule has 2 aromatic carbocycles. The number of fused-ring (bicyclic) bond motifs is 2. The lowest BCUT2D eigenvalue weighted by molar-refractivity contribution is 0.770. The number of para-hydroxylation sites is 1. The minimum Gasteiger partial charge on any atom is -0.366 e. The summed E-state index contributed by atoms with van der Waals surface area (Å²) in [6.45, 7) is 0. The van der Waals surface area contributed by atoms with E-state index in [1.165, 1.54) is 11.1 Å². The van der Waals surface area contributed by atoms with E-state index in [-0.39, 0.29) is 0 Å². The van der Waals surface area contributed by atoms with Crippen molar-refractivity contribution < 1.29 is 0 Å². The van der Waals surface area contributed by atoms with Crippen LogP contribution in [0.2, 0.25) is 0 Å². The third kappa shape index (κ3) is 2.69. The van der Waals surface area contributed by atoms with Gasteiger partial charge in [-0.05, 0) is 48.2 Å². The van der Waals surface area contributed by atoms with Crippen LogP contribution in [-0.4, -0.2) is 21.0 Å². The summed E-state index contributed by atoms with van der Waals surface area (Å²) in [5.41, 5.74) is 4.72. The Hall–Kier alpha value is -3.27. The van der Waals surface area contributed by atoms with Gasteiger partial charge in [0.15, 0.2) is 5.82 Å². The summed E-state index contributed by atoms with van der Waals surface area (Å²) >= 11 is 0. The first-order valence-corrected chi connectivity index (χ1v) is 8.87. The van der Waals surface area contributed by atoms with E-state index in [0.29, 0.717) is 11.9 Å². The van der Waals surface area contributed by atoms with E-state index in [0.717, 1.165) is 35.1 Å². The van der Waals surface area contributed by atoms with E-state index in [9.17, 15) is 0 Å². The van der Waals surface area contributed by atoms with E-state index < -0.39 is 0 Å². The second-order valence-electron chi connectivity index (χ2n) is 6.67. The number of pyridine rings is 1. The Morgan fingerprint density at radius 1 is 0.808 bits per heavy atom. The van der Waals surface area contributed by atoms with Crippen LogP contribution in [0.3, 0.4) is 0 Å². The number of hydrogen-bond donors (Lipinski definition) is 1. The zero-order valence-electron chi connectivity index (χ0n) is 14.3. The molecule has 0 bridgehead atoms. The van der Waals surface area contributed by atoms with Gasteiger partial charge in [-0.2, -0.15) is 0 Å². The Labute approximate surface area is 152 Å². The summed E-state index contributed by atoms with van der Waals surface area (Å²) in [4.78, 5) is 13.8. The van der Waals surface area contributed by atoms with Crippen molar-refractivity contribution in [2.24, 2.45) is 0 Å². The van der Waals surface area contributed by atoms with Gasteiger partial charge in [-0.1, -0.05) is 36.4 Å². The van der Waals surface area contributed by atoms with E-state index >= 15 is 0 Å². The largest absolute Gasteiger partial charge is 0.366 e. The molecule has 0 saturated heterocycles. The molecular formula is C22H18N4. The van der Waals surface area contributed by atoms with Crippen LogP contribution in [0.25, 0.3) is 22.3 Å². The smallest absolute Gasteiger partial charge is 0.163 e. The SMILES string of the molecule is c1cncc(-c2nc(NC3Cc4ccccc4C3)c3ccccc3n2)c1. The van der Waals surface area contributed by atoms with Crippen LogP contribution in [0.1, 0.15) is 11.1 Å². The molecule has 0 radical (unpaired) electrons. The molecule has 0 atom stereocenters. The Kier molecular flexibility index (Phi) is 3.60. The fraction of sp³-hybridized carbons (Fsp3) is 0.136. The lowest BCUT2D eigenvalue weighted by Crippen LogP contribution is -2.20. The average Bonchev–Trinajstić information content (AvgIpc) is 3.11. The van der Waals surface area contributed by atoms with Crippen molar-refractivity contribution >= 4 is 16.7 Å². The third-order valence-electron chi connectivity index (χ3n) is 4.91. The van der Waals surface area contributed by atoms with E-state index in [4.69, 9.17) is 9.97 Å². The summed E-state index contributed by atoms with van der Waals surface area (Å²) in [5.74, 6) is 1.60. The zero-order valence-corrected chi connectivity index (χ0v) is 14.3. The van der Waals surface area contributed by atoms with Gasteiger partial charge >= 0.3 is 0 Å². The van der Waals surface area contributed by atoms with Crippen LogP contribution in [-0.2, 0) is 12.8 Å². The molecule has 26 heavy (non-hydrogen) atoms. The molecule has 126 valence electrons. The number of benzene rings is 2. The Morgan fingerprint density at radius 2 is 1.58 bits per heavy atom. The first kappa shape index (κ1) is 15.0. The number of nitrogens with zero attached hydrogens (tertiary/aromatic N) is 3. The molecule has 0 amide bonds. The fourth-order valence-electron chi connectivity index (χ4n) is 3.67. The van der Waals surface area contributed by atoms with Crippen LogP contribution < -0.4 is 5.32 Å². The van der Waals surface area contributed by atoms with Crippen molar-refractivity contribution in [1.29, 1.82) is 0 Å². The van der Waals surface area contributed by atoms with Gasteiger partial charge in [-0.15, -0.1) is 0 Å². The lowest BCUT2D eigenvalue weighted by atomic mass is 10.1. The Morgan fingerprint density at radius 3 is 2.35 bits per heavy atom. The number of hydrogen-bond acceptors (Lipinski definition) is 4. The van der Waals surface area contributed by atoms with Crippen LogP contribution >= 0.6 is 0 Å². The highest BCUT2D eigenvalue weighted by Crippen LogP contribution is 2.28. The van der Waals surface area contributed by atoms with Crippen LogP contribution in [0.15, 0.2) is 73.1 Å². The van der Waals surface area contributed by atoms with Crippen molar-refractivity contribution in [2.45, 2.75) is 18.9 Å². The minimum absolute atomic E-state index is 0.354. The van der Waals surface area contributed by atoms with Crippen molar-refractivity contribution in [3.05, 3.63) is 84.2 Å². The number of nitrogens with one attached hydrogen (secondary N) is 1. The molecule has 0 spiro atoms. The van der Waals surface area contributed by atoms with Crippen LogP contribution in [0, 0.1) is 0 Å². The van der Waals surface area contributed by atoms with Gasteiger partial charge in [0.25, 0.3) is 0 Å². The molecule has 2 aromatic heterocycles. The molecule has 2 heterocycles. The maximum absolute atomic E-state index is 4.84. The lowest BCUT2D eigenvalue weighted by Gasteiger charge is -2.15. The highest BCUT2D eigenvalue weighted by atomic mass is 15.1. The van der Waals surface area contributed by atoms with Crippen LogP contribution in [0.4, 0.5) is 5.82 Å². The molecule has 4 nitrogen and oxygen atoms in total. The maximum atomic E-state index is 4.84. The van der Waals surface area contributed by atoms with Crippen molar-refractivity contribution in [3.63, 3.8) is 0 Å². The molecule has 1 aliphatic rings. The van der Waals surface area contributed by atoms with Gasteiger partial charge in [0.2, 0.25) is 0 Å². The first-order chi connectivity index (χ1) is 12.9. The highest BCUT2D eigenvalue weighted by Gasteiger charge is 2.22. The monoisotopic (exact) mass is 338 g/mol. The van der Waals surface area contributed by atoms with E-state index in [2.05, 4.69) is 40.6 Å². The molecule has 0 aliphatic heterocycles. The third-order valence-corrected chi connectivity index (χ3v) is 4.91. The number of anilines is 1. The molecule has 0 unspecified atom stereocenters. The van der Waals surface area contributed by atoms with Gasteiger partial charge in [0.05, 0.1) is 5.52 Å². The molecule has 5 rings (SSSR count). The van der Waals surface area contributed by atoms with Gasteiger partial charge < -0.3 is 5.32 Å². The van der Waals surface area contributed by atoms with Crippen molar-refractivity contribution in [3.8, 4) is 11.4 Å². The van der Waals surface area contributed by atoms with E-state index in [1.54, 1.807) is 12.4 Å². The standard InChI is InChI=1S/C22H18N4/c1-2-7-16-13-18(12-15(16)6-1)24-22-19-9-3-4-10-20(19)25-21(26-22)17-8-5-11-23-14-17/h1-11,14,18H,12-13H2,(H,24,25,26). The van der Waals surface area contributed by atoms with Crippen molar-refractivity contribution in [1.82, 2.24) is 15.0 Å². The average molecular weight is 338 g/mol. The normalized spacial score (nSPS) is 13.7. The summed E-state index contributed by atoms with van der Waals surface area (Å²) in [7, 11) is 0. The summed E-state index contributed by atoms with van der Waals surface area (Å²) in [5, 5.41) is 4.72. The van der Waals surface area contributed by atoms with Crippen molar-refractivity contribution in [2.75, 3.05) is 5.32 Å². The molecule has 4 heteroatoms. The second kappa shape index (κ2) is 6.23. The highest BCUT2D eigenvalue weighted by molar-refractivity contribution is 5.90. The topological polar surface area (TPSA) is 50.7 Å². The maximum Gasteiger partial charge on any atom is 0.163 e.